The third-order valence-electron chi connectivity index (χ3n) is 3.77. The fourth-order valence-electron chi connectivity index (χ4n) is 2.86. The fraction of sp³-hybridized carbons (Fsp3) is 0.562. The number of benzene rings is 1. The lowest BCUT2D eigenvalue weighted by molar-refractivity contribution is 0.215. The molecule has 1 atom stereocenters. The standard InChI is InChI=1S/C16H23N3O2S/c1-14(12-19-8-3-2-4-9-19)18-22(20,21)13-16-7-5-6-15(10-16)11-17/h5-7,10,14,18H,2-4,8-9,12-13H2,1H3/t14-/m0/s1. The summed E-state index contributed by atoms with van der Waals surface area (Å²) in [6.07, 6.45) is 3.66. The molecule has 0 spiro atoms. The van der Waals surface area contributed by atoms with E-state index in [0.717, 1.165) is 19.6 Å². The Hall–Kier alpha value is -1.42. The fourth-order valence-corrected chi connectivity index (χ4v) is 4.25. The molecule has 6 heteroatoms. The Morgan fingerprint density at radius 1 is 1.32 bits per heavy atom. The van der Waals surface area contributed by atoms with Crippen LogP contribution < -0.4 is 4.72 Å². The van der Waals surface area contributed by atoms with E-state index in [1.807, 2.05) is 13.0 Å². The molecule has 0 unspecified atom stereocenters. The van der Waals surface area contributed by atoms with Gasteiger partial charge in [0.15, 0.2) is 0 Å². The van der Waals surface area contributed by atoms with Crippen molar-refractivity contribution in [2.45, 2.75) is 38.0 Å². The summed E-state index contributed by atoms with van der Waals surface area (Å²) in [7, 11) is -3.40. The van der Waals surface area contributed by atoms with E-state index in [9.17, 15) is 8.42 Å². The third-order valence-corrected chi connectivity index (χ3v) is 5.25. The van der Waals surface area contributed by atoms with Crippen LogP contribution in [0.1, 0.15) is 37.3 Å². The molecule has 0 amide bonds. The van der Waals surface area contributed by atoms with Gasteiger partial charge in [-0.05, 0) is 50.6 Å². The van der Waals surface area contributed by atoms with Crippen molar-refractivity contribution in [2.24, 2.45) is 0 Å². The van der Waals surface area contributed by atoms with Crippen molar-refractivity contribution < 1.29 is 8.42 Å². The highest BCUT2D eigenvalue weighted by atomic mass is 32.2. The first-order valence-electron chi connectivity index (χ1n) is 7.70. The molecule has 2 rings (SSSR count). The van der Waals surface area contributed by atoms with E-state index >= 15 is 0 Å². The number of likely N-dealkylation sites (tertiary alicyclic amines) is 1. The quantitative estimate of drug-likeness (QED) is 0.868. The minimum Gasteiger partial charge on any atom is -0.302 e. The van der Waals surface area contributed by atoms with Gasteiger partial charge in [-0.3, -0.25) is 0 Å². The number of hydrogen-bond acceptors (Lipinski definition) is 4. The van der Waals surface area contributed by atoms with Gasteiger partial charge in [-0.25, -0.2) is 13.1 Å². The minimum absolute atomic E-state index is 0.0904. The van der Waals surface area contributed by atoms with E-state index < -0.39 is 10.0 Å². The van der Waals surface area contributed by atoms with Crippen LogP contribution in [0.3, 0.4) is 0 Å². The molecule has 22 heavy (non-hydrogen) atoms. The number of sulfonamides is 1. The van der Waals surface area contributed by atoms with Crippen molar-refractivity contribution in [2.75, 3.05) is 19.6 Å². The lowest BCUT2D eigenvalue weighted by Crippen LogP contribution is -2.43. The molecule has 5 nitrogen and oxygen atoms in total. The van der Waals surface area contributed by atoms with Crippen LogP contribution in [0.15, 0.2) is 24.3 Å². The minimum atomic E-state index is -3.40. The Labute approximate surface area is 133 Å². The normalized spacial score (nSPS) is 17.8. The smallest absolute Gasteiger partial charge is 0.216 e. The highest BCUT2D eigenvalue weighted by Gasteiger charge is 2.19. The lowest BCUT2D eigenvalue weighted by atomic mass is 10.1. The third kappa shape index (κ3) is 5.41. The molecule has 1 heterocycles. The Balaban J connectivity index is 1.90. The second-order valence-corrected chi connectivity index (χ2v) is 7.71. The maximum atomic E-state index is 12.2. The summed E-state index contributed by atoms with van der Waals surface area (Å²) in [5.74, 6) is -0.0904. The van der Waals surface area contributed by atoms with Gasteiger partial charge in [-0.1, -0.05) is 18.6 Å². The number of nitrogens with one attached hydrogen (secondary N) is 1. The molecule has 1 N–H and O–H groups in total. The molecule has 1 aromatic carbocycles. The van der Waals surface area contributed by atoms with E-state index in [-0.39, 0.29) is 11.8 Å². The Bertz CT molecular complexity index is 631. The van der Waals surface area contributed by atoms with E-state index in [1.54, 1.807) is 24.3 Å². The first-order valence-corrected chi connectivity index (χ1v) is 9.35. The molecule has 120 valence electrons. The molecule has 1 aromatic rings. The molecule has 1 fully saturated rings. The molecule has 0 saturated carbocycles. The van der Waals surface area contributed by atoms with Crippen LogP contribution in [0.5, 0.6) is 0 Å². The molecular formula is C16H23N3O2S. The van der Waals surface area contributed by atoms with Gasteiger partial charge >= 0.3 is 0 Å². The molecule has 0 aromatic heterocycles. The molecule has 0 aliphatic carbocycles. The average molecular weight is 321 g/mol. The van der Waals surface area contributed by atoms with Crippen molar-refractivity contribution >= 4 is 10.0 Å². The number of hydrogen-bond donors (Lipinski definition) is 1. The molecule has 1 saturated heterocycles. The zero-order chi connectivity index (χ0) is 16.0. The largest absolute Gasteiger partial charge is 0.302 e. The molecule has 0 radical (unpaired) electrons. The van der Waals surface area contributed by atoms with Gasteiger partial charge < -0.3 is 4.90 Å². The zero-order valence-electron chi connectivity index (χ0n) is 13.0. The second kappa shape index (κ2) is 7.73. The summed E-state index contributed by atoms with van der Waals surface area (Å²) in [6, 6.07) is 8.65. The monoisotopic (exact) mass is 321 g/mol. The van der Waals surface area contributed by atoms with Crippen LogP contribution >= 0.6 is 0 Å². The summed E-state index contributed by atoms with van der Waals surface area (Å²) in [4.78, 5) is 2.31. The Kier molecular flexibility index (Phi) is 5.95. The maximum Gasteiger partial charge on any atom is 0.216 e. The first kappa shape index (κ1) is 16.9. The number of nitrogens with zero attached hydrogens (tertiary/aromatic N) is 2. The average Bonchev–Trinajstić information content (AvgIpc) is 2.47. The van der Waals surface area contributed by atoms with Gasteiger partial charge in [-0.2, -0.15) is 5.26 Å². The SMILES string of the molecule is C[C@@H](CN1CCCCC1)NS(=O)(=O)Cc1cccc(C#N)c1. The summed E-state index contributed by atoms with van der Waals surface area (Å²) in [5.41, 5.74) is 1.12. The van der Waals surface area contributed by atoms with E-state index in [1.165, 1.54) is 19.3 Å². The van der Waals surface area contributed by atoms with Crippen LogP contribution in [-0.2, 0) is 15.8 Å². The van der Waals surface area contributed by atoms with Crippen LogP contribution in [0.2, 0.25) is 0 Å². The molecule has 0 bridgehead atoms. The lowest BCUT2D eigenvalue weighted by Gasteiger charge is -2.29. The number of rotatable bonds is 6. The van der Waals surface area contributed by atoms with Gasteiger partial charge in [-0.15, -0.1) is 0 Å². The topological polar surface area (TPSA) is 73.2 Å². The van der Waals surface area contributed by atoms with E-state index in [0.29, 0.717) is 11.1 Å². The zero-order valence-corrected chi connectivity index (χ0v) is 13.8. The summed E-state index contributed by atoms with van der Waals surface area (Å²) >= 11 is 0. The van der Waals surface area contributed by atoms with Crippen molar-refractivity contribution in [1.29, 1.82) is 5.26 Å². The summed E-state index contributed by atoms with van der Waals surface area (Å²) < 4.78 is 27.2. The van der Waals surface area contributed by atoms with Gasteiger partial charge in [0.05, 0.1) is 17.4 Å². The van der Waals surface area contributed by atoms with E-state index in [2.05, 4.69) is 9.62 Å². The Morgan fingerprint density at radius 3 is 2.73 bits per heavy atom. The van der Waals surface area contributed by atoms with E-state index in [4.69, 9.17) is 5.26 Å². The highest BCUT2D eigenvalue weighted by Crippen LogP contribution is 2.11. The van der Waals surface area contributed by atoms with Crippen LogP contribution in [-0.4, -0.2) is 39.0 Å². The van der Waals surface area contributed by atoms with Crippen molar-refractivity contribution in [3.63, 3.8) is 0 Å². The van der Waals surface area contributed by atoms with Crippen molar-refractivity contribution in [3.05, 3.63) is 35.4 Å². The van der Waals surface area contributed by atoms with Gasteiger partial charge in [0.25, 0.3) is 0 Å². The maximum absolute atomic E-state index is 12.2. The van der Waals surface area contributed by atoms with Crippen molar-refractivity contribution in [3.8, 4) is 6.07 Å². The first-order chi connectivity index (χ1) is 10.5. The van der Waals surface area contributed by atoms with Gasteiger partial charge in [0, 0.05) is 12.6 Å². The predicted molar refractivity (Wildman–Crippen MR) is 86.7 cm³/mol. The molecule has 1 aliphatic heterocycles. The number of piperidine rings is 1. The van der Waals surface area contributed by atoms with Crippen LogP contribution in [0, 0.1) is 11.3 Å². The van der Waals surface area contributed by atoms with Crippen molar-refractivity contribution in [1.82, 2.24) is 9.62 Å². The van der Waals surface area contributed by atoms with Gasteiger partial charge in [0.1, 0.15) is 0 Å². The van der Waals surface area contributed by atoms with Gasteiger partial charge in [0.2, 0.25) is 10.0 Å². The second-order valence-electron chi connectivity index (χ2n) is 5.95. The highest BCUT2D eigenvalue weighted by molar-refractivity contribution is 7.88. The van der Waals surface area contributed by atoms with Crippen LogP contribution in [0.4, 0.5) is 0 Å². The summed E-state index contributed by atoms with van der Waals surface area (Å²) in [5, 5.41) is 8.87. The number of nitriles is 1. The molecular weight excluding hydrogens is 298 g/mol. The molecule has 1 aliphatic rings. The predicted octanol–water partition coefficient (Wildman–Crippen LogP) is 1.85. The van der Waals surface area contributed by atoms with Crippen LogP contribution in [0.25, 0.3) is 0 Å². The summed E-state index contributed by atoms with van der Waals surface area (Å²) in [6.45, 7) is 4.75. The Morgan fingerprint density at radius 2 is 2.05 bits per heavy atom.